The minimum Gasteiger partial charge on any atom is -0.369 e. The van der Waals surface area contributed by atoms with Crippen LogP contribution in [-0.2, 0) is 12.8 Å². The molecule has 0 aliphatic carbocycles. The predicted octanol–water partition coefficient (Wildman–Crippen LogP) is 3.76. The standard InChI is InChI=1S/C22H20N6OS/c29-21-16-3-1-2-4-17(16)27-22(28-21)26-15-7-5-14(6-8-15)9-11-23-20-19-18(10-12-30-19)24-13-25-20/h1-8,13H,9-12H2,(H,23,24,25)(H2,26,27,28,29). The second kappa shape index (κ2) is 8.16. The van der Waals surface area contributed by atoms with Gasteiger partial charge in [0.1, 0.15) is 12.1 Å². The Morgan fingerprint density at radius 1 is 1.07 bits per heavy atom. The molecule has 2 aromatic carbocycles. The maximum absolute atomic E-state index is 12.2. The number of H-pyrrole nitrogens is 1. The molecule has 0 radical (unpaired) electrons. The van der Waals surface area contributed by atoms with Gasteiger partial charge in [-0.05, 0) is 36.2 Å². The lowest BCUT2D eigenvalue weighted by Crippen LogP contribution is -2.11. The summed E-state index contributed by atoms with van der Waals surface area (Å²) in [5.74, 6) is 2.45. The van der Waals surface area contributed by atoms with Crippen molar-refractivity contribution in [1.82, 2.24) is 19.9 Å². The molecular weight excluding hydrogens is 396 g/mol. The van der Waals surface area contributed by atoms with Gasteiger partial charge < -0.3 is 10.6 Å². The number of hydrogen-bond donors (Lipinski definition) is 3. The molecule has 0 spiro atoms. The first-order valence-corrected chi connectivity index (χ1v) is 10.8. The molecular formula is C22H20N6OS. The molecule has 3 heterocycles. The number of nitrogens with one attached hydrogen (secondary N) is 3. The fourth-order valence-electron chi connectivity index (χ4n) is 3.48. The Labute approximate surface area is 177 Å². The first-order chi connectivity index (χ1) is 14.8. The lowest BCUT2D eigenvalue weighted by Gasteiger charge is -2.10. The van der Waals surface area contributed by atoms with E-state index in [1.54, 1.807) is 12.4 Å². The normalized spacial score (nSPS) is 12.7. The van der Waals surface area contributed by atoms with Crippen LogP contribution in [-0.4, -0.2) is 32.2 Å². The van der Waals surface area contributed by atoms with Crippen molar-refractivity contribution in [1.29, 1.82) is 0 Å². The van der Waals surface area contributed by atoms with E-state index in [9.17, 15) is 4.79 Å². The number of aryl methyl sites for hydroxylation is 1. The number of fused-ring (bicyclic) bond motifs is 2. The predicted molar refractivity (Wildman–Crippen MR) is 121 cm³/mol. The molecule has 0 saturated carbocycles. The van der Waals surface area contributed by atoms with E-state index in [2.05, 4.69) is 42.7 Å². The van der Waals surface area contributed by atoms with Crippen LogP contribution in [0.2, 0.25) is 0 Å². The molecule has 1 aliphatic rings. The zero-order valence-electron chi connectivity index (χ0n) is 16.2. The van der Waals surface area contributed by atoms with Crippen LogP contribution in [0.25, 0.3) is 10.9 Å². The van der Waals surface area contributed by atoms with Crippen molar-refractivity contribution >= 4 is 40.1 Å². The highest BCUT2D eigenvalue weighted by molar-refractivity contribution is 7.99. The Hall–Kier alpha value is -3.39. The molecule has 0 saturated heterocycles. The van der Waals surface area contributed by atoms with Crippen LogP contribution < -0.4 is 16.2 Å². The second-order valence-corrected chi connectivity index (χ2v) is 8.13. The van der Waals surface area contributed by atoms with E-state index in [1.807, 2.05) is 42.1 Å². The molecule has 30 heavy (non-hydrogen) atoms. The maximum atomic E-state index is 12.2. The van der Waals surface area contributed by atoms with E-state index in [-0.39, 0.29) is 5.56 Å². The van der Waals surface area contributed by atoms with E-state index < -0.39 is 0 Å². The van der Waals surface area contributed by atoms with Crippen molar-refractivity contribution in [2.45, 2.75) is 17.7 Å². The largest absolute Gasteiger partial charge is 0.369 e. The van der Waals surface area contributed by atoms with Crippen LogP contribution in [0.15, 0.2) is 64.5 Å². The highest BCUT2D eigenvalue weighted by Gasteiger charge is 2.17. The molecule has 150 valence electrons. The first kappa shape index (κ1) is 18.6. The van der Waals surface area contributed by atoms with Crippen molar-refractivity contribution in [3.63, 3.8) is 0 Å². The number of hydrogen-bond acceptors (Lipinski definition) is 7. The molecule has 0 bridgehead atoms. The fourth-order valence-corrected chi connectivity index (χ4v) is 4.56. The average Bonchev–Trinajstić information content (AvgIpc) is 3.25. The van der Waals surface area contributed by atoms with Crippen molar-refractivity contribution < 1.29 is 0 Å². The van der Waals surface area contributed by atoms with E-state index in [0.717, 1.165) is 42.3 Å². The summed E-state index contributed by atoms with van der Waals surface area (Å²) in [4.78, 5) is 29.4. The number of rotatable bonds is 6. The Balaban J connectivity index is 1.22. The quantitative estimate of drug-likeness (QED) is 0.440. The van der Waals surface area contributed by atoms with Crippen LogP contribution in [0.1, 0.15) is 11.3 Å². The molecule has 4 aromatic rings. The van der Waals surface area contributed by atoms with Gasteiger partial charge in [-0.1, -0.05) is 24.3 Å². The minimum absolute atomic E-state index is 0.153. The van der Waals surface area contributed by atoms with Crippen molar-refractivity contribution in [3.8, 4) is 0 Å². The summed E-state index contributed by atoms with van der Waals surface area (Å²) in [5, 5.41) is 7.19. The molecule has 1 aliphatic heterocycles. The third-order valence-corrected chi connectivity index (χ3v) is 6.12. The number of nitrogens with zero attached hydrogens (tertiary/aromatic N) is 3. The summed E-state index contributed by atoms with van der Waals surface area (Å²) < 4.78 is 0. The maximum Gasteiger partial charge on any atom is 0.260 e. The van der Waals surface area contributed by atoms with Gasteiger partial charge in [-0.3, -0.25) is 9.78 Å². The molecule has 8 heteroatoms. The summed E-state index contributed by atoms with van der Waals surface area (Å²) in [5.41, 5.74) is 3.75. The van der Waals surface area contributed by atoms with E-state index >= 15 is 0 Å². The number of para-hydroxylation sites is 1. The third-order valence-electron chi connectivity index (χ3n) is 5.00. The fraction of sp³-hybridized carbons (Fsp3) is 0.182. The van der Waals surface area contributed by atoms with Crippen LogP contribution >= 0.6 is 11.8 Å². The molecule has 0 unspecified atom stereocenters. The van der Waals surface area contributed by atoms with Crippen LogP contribution in [0, 0.1) is 0 Å². The average molecular weight is 417 g/mol. The summed E-state index contributed by atoms with van der Waals surface area (Å²) in [6.07, 6.45) is 3.54. The van der Waals surface area contributed by atoms with Gasteiger partial charge in [0.25, 0.3) is 5.56 Å². The van der Waals surface area contributed by atoms with Gasteiger partial charge in [-0.2, -0.15) is 0 Å². The summed E-state index contributed by atoms with van der Waals surface area (Å²) in [7, 11) is 0. The molecule has 0 amide bonds. The number of benzene rings is 2. The van der Waals surface area contributed by atoms with Gasteiger partial charge in [-0.15, -0.1) is 11.8 Å². The van der Waals surface area contributed by atoms with Crippen LogP contribution in [0.3, 0.4) is 0 Å². The van der Waals surface area contributed by atoms with Gasteiger partial charge in [0.2, 0.25) is 5.95 Å². The van der Waals surface area contributed by atoms with Gasteiger partial charge in [0.05, 0.1) is 21.5 Å². The van der Waals surface area contributed by atoms with Gasteiger partial charge >= 0.3 is 0 Å². The highest BCUT2D eigenvalue weighted by atomic mass is 32.2. The van der Waals surface area contributed by atoms with Crippen molar-refractivity contribution in [2.24, 2.45) is 0 Å². The molecule has 0 fully saturated rings. The van der Waals surface area contributed by atoms with E-state index in [1.165, 1.54) is 10.5 Å². The SMILES string of the molecule is O=c1[nH]c(Nc2ccc(CCNc3ncnc4c3SCC4)cc2)nc2ccccc12. The minimum atomic E-state index is -0.153. The Kier molecular flexibility index (Phi) is 5.06. The molecule has 3 N–H and O–H groups in total. The van der Waals surface area contributed by atoms with E-state index in [0.29, 0.717) is 16.9 Å². The van der Waals surface area contributed by atoms with E-state index in [4.69, 9.17) is 0 Å². The zero-order valence-corrected chi connectivity index (χ0v) is 17.0. The summed E-state index contributed by atoms with van der Waals surface area (Å²) in [6, 6.07) is 15.4. The topological polar surface area (TPSA) is 95.6 Å². The highest BCUT2D eigenvalue weighted by Crippen LogP contribution is 2.34. The number of aromatic nitrogens is 4. The summed E-state index contributed by atoms with van der Waals surface area (Å²) >= 11 is 1.82. The van der Waals surface area contributed by atoms with Crippen LogP contribution in [0.5, 0.6) is 0 Å². The van der Waals surface area contributed by atoms with Gasteiger partial charge in [0.15, 0.2) is 0 Å². The lowest BCUT2D eigenvalue weighted by atomic mass is 10.1. The second-order valence-electron chi connectivity index (χ2n) is 7.03. The van der Waals surface area contributed by atoms with Crippen molar-refractivity contribution in [3.05, 3.63) is 76.5 Å². The Bertz CT molecular complexity index is 1250. The smallest absolute Gasteiger partial charge is 0.260 e. The number of thioether (sulfide) groups is 1. The lowest BCUT2D eigenvalue weighted by molar-refractivity contribution is 0.944. The Morgan fingerprint density at radius 2 is 1.93 bits per heavy atom. The van der Waals surface area contributed by atoms with Gasteiger partial charge in [0, 0.05) is 24.4 Å². The third kappa shape index (κ3) is 3.86. The molecule has 7 nitrogen and oxygen atoms in total. The number of aromatic amines is 1. The van der Waals surface area contributed by atoms with Crippen molar-refractivity contribution in [2.75, 3.05) is 22.9 Å². The zero-order chi connectivity index (χ0) is 20.3. The number of anilines is 3. The monoisotopic (exact) mass is 416 g/mol. The van der Waals surface area contributed by atoms with Gasteiger partial charge in [-0.25, -0.2) is 15.0 Å². The summed E-state index contributed by atoms with van der Waals surface area (Å²) in [6.45, 7) is 0.802. The molecule has 2 aromatic heterocycles. The Morgan fingerprint density at radius 3 is 2.83 bits per heavy atom. The molecule has 5 rings (SSSR count). The van der Waals surface area contributed by atoms with Crippen LogP contribution in [0.4, 0.5) is 17.5 Å². The molecule has 0 atom stereocenters. The first-order valence-electron chi connectivity index (χ1n) is 9.82.